The summed E-state index contributed by atoms with van der Waals surface area (Å²) >= 11 is 0. The maximum atomic E-state index is 3.63. The Hall–Kier alpha value is -0.0800. The van der Waals surface area contributed by atoms with Crippen LogP contribution in [-0.2, 0) is 0 Å². The van der Waals surface area contributed by atoms with Crippen LogP contribution < -0.4 is 5.32 Å². The zero-order valence-electron chi connectivity index (χ0n) is 10.8. The Morgan fingerprint density at radius 3 is 2.80 bits per heavy atom. The molecule has 2 atom stereocenters. The first-order chi connectivity index (χ1) is 7.27. The number of nitrogens with zero attached hydrogens (tertiary/aromatic N) is 1. The van der Waals surface area contributed by atoms with Crippen LogP contribution in [0.4, 0.5) is 0 Å². The zero-order chi connectivity index (χ0) is 11.1. The summed E-state index contributed by atoms with van der Waals surface area (Å²) in [4.78, 5) is 2.66. The normalized spacial score (nSPS) is 24.6. The second-order valence-electron chi connectivity index (χ2n) is 4.93. The molecular weight excluding hydrogens is 184 g/mol. The molecule has 1 aliphatic rings. The minimum absolute atomic E-state index is 0.758. The van der Waals surface area contributed by atoms with E-state index in [0.717, 1.165) is 12.1 Å². The molecule has 0 radical (unpaired) electrons. The molecule has 2 nitrogen and oxygen atoms in total. The lowest BCUT2D eigenvalue weighted by Gasteiger charge is -2.24. The maximum absolute atomic E-state index is 3.63. The van der Waals surface area contributed by atoms with Gasteiger partial charge in [-0.3, -0.25) is 4.90 Å². The molecule has 0 aliphatic carbocycles. The molecule has 0 aromatic carbocycles. The highest BCUT2D eigenvalue weighted by molar-refractivity contribution is 4.83. The van der Waals surface area contributed by atoms with Gasteiger partial charge in [0, 0.05) is 25.2 Å². The molecule has 2 heteroatoms. The molecule has 1 heterocycles. The van der Waals surface area contributed by atoms with Gasteiger partial charge in [0.2, 0.25) is 0 Å². The van der Waals surface area contributed by atoms with E-state index in [1.165, 1.54) is 51.7 Å². The number of hydrogen-bond acceptors (Lipinski definition) is 2. The molecule has 1 fully saturated rings. The molecule has 0 aromatic heterocycles. The fourth-order valence-corrected chi connectivity index (χ4v) is 2.38. The van der Waals surface area contributed by atoms with Crippen LogP contribution in [0.15, 0.2) is 0 Å². The van der Waals surface area contributed by atoms with Crippen LogP contribution in [0, 0.1) is 0 Å². The average molecular weight is 212 g/mol. The van der Waals surface area contributed by atoms with Crippen molar-refractivity contribution in [1.82, 2.24) is 10.2 Å². The van der Waals surface area contributed by atoms with E-state index in [0.29, 0.717) is 0 Å². The summed E-state index contributed by atoms with van der Waals surface area (Å²) in [7, 11) is 0. The number of rotatable bonds is 7. The van der Waals surface area contributed by atoms with Gasteiger partial charge in [-0.25, -0.2) is 0 Å². The van der Waals surface area contributed by atoms with Gasteiger partial charge >= 0.3 is 0 Å². The van der Waals surface area contributed by atoms with Crippen molar-refractivity contribution in [1.29, 1.82) is 0 Å². The summed E-state index contributed by atoms with van der Waals surface area (Å²) in [5.41, 5.74) is 0. The Kier molecular flexibility index (Phi) is 6.26. The Morgan fingerprint density at radius 1 is 1.33 bits per heavy atom. The summed E-state index contributed by atoms with van der Waals surface area (Å²) in [6.45, 7) is 10.7. The predicted molar refractivity (Wildman–Crippen MR) is 67.3 cm³/mol. The van der Waals surface area contributed by atoms with E-state index in [1.54, 1.807) is 0 Å². The molecule has 2 unspecified atom stereocenters. The largest absolute Gasteiger partial charge is 0.313 e. The molecule has 0 aromatic rings. The van der Waals surface area contributed by atoms with Gasteiger partial charge in [0.25, 0.3) is 0 Å². The number of unbranched alkanes of at least 4 members (excludes halogenated alkanes) is 1. The topological polar surface area (TPSA) is 15.3 Å². The molecule has 0 amide bonds. The fourth-order valence-electron chi connectivity index (χ4n) is 2.38. The SMILES string of the molecule is CCCCC(C)N1CCC(NCCC)C1. The van der Waals surface area contributed by atoms with Crippen LogP contribution in [0.3, 0.4) is 0 Å². The van der Waals surface area contributed by atoms with Crippen molar-refractivity contribution in [2.75, 3.05) is 19.6 Å². The first-order valence-corrected chi connectivity index (χ1v) is 6.75. The molecule has 1 N–H and O–H groups in total. The fraction of sp³-hybridized carbons (Fsp3) is 1.00. The molecular formula is C13H28N2. The van der Waals surface area contributed by atoms with Gasteiger partial charge < -0.3 is 5.32 Å². The van der Waals surface area contributed by atoms with Crippen LogP contribution in [0.5, 0.6) is 0 Å². The first kappa shape index (κ1) is 13.0. The number of hydrogen-bond donors (Lipinski definition) is 1. The maximum Gasteiger partial charge on any atom is 0.0207 e. The van der Waals surface area contributed by atoms with E-state index < -0.39 is 0 Å². The minimum atomic E-state index is 0.758. The lowest BCUT2D eigenvalue weighted by atomic mass is 10.1. The third-order valence-corrected chi connectivity index (χ3v) is 3.50. The Balaban J connectivity index is 2.17. The quantitative estimate of drug-likeness (QED) is 0.698. The summed E-state index contributed by atoms with van der Waals surface area (Å²) in [6, 6.07) is 1.55. The standard InChI is InChI=1S/C13H28N2/c1-4-6-7-12(3)15-10-8-13(11-15)14-9-5-2/h12-14H,4-11H2,1-3H3. The van der Waals surface area contributed by atoms with E-state index in [1.807, 2.05) is 0 Å². The van der Waals surface area contributed by atoms with E-state index in [2.05, 4.69) is 31.0 Å². The van der Waals surface area contributed by atoms with Crippen molar-refractivity contribution in [3.8, 4) is 0 Å². The van der Waals surface area contributed by atoms with Crippen molar-refractivity contribution in [3.05, 3.63) is 0 Å². The van der Waals surface area contributed by atoms with Gasteiger partial charge in [-0.15, -0.1) is 0 Å². The highest BCUT2D eigenvalue weighted by atomic mass is 15.2. The van der Waals surface area contributed by atoms with Crippen molar-refractivity contribution in [2.45, 2.75) is 65.0 Å². The van der Waals surface area contributed by atoms with Gasteiger partial charge in [0.1, 0.15) is 0 Å². The molecule has 0 saturated carbocycles. The average Bonchev–Trinajstić information content (AvgIpc) is 2.71. The Morgan fingerprint density at radius 2 is 2.13 bits per heavy atom. The van der Waals surface area contributed by atoms with Crippen LogP contribution in [0.1, 0.15) is 52.9 Å². The van der Waals surface area contributed by atoms with Gasteiger partial charge in [0.05, 0.1) is 0 Å². The van der Waals surface area contributed by atoms with Crippen molar-refractivity contribution in [2.24, 2.45) is 0 Å². The molecule has 1 rings (SSSR count). The summed E-state index contributed by atoms with van der Waals surface area (Å²) in [5, 5.41) is 3.63. The second kappa shape index (κ2) is 7.24. The Bertz CT molecular complexity index is 159. The molecule has 0 bridgehead atoms. The lowest BCUT2D eigenvalue weighted by Crippen LogP contribution is -2.36. The third-order valence-electron chi connectivity index (χ3n) is 3.50. The van der Waals surface area contributed by atoms with E-state index in [-0.39, 0.29) is 0 Å². The van der Waals surface area contributed by atoms with Gasteiger partial charge in [-0.2, -0.15) is 0 Å². The summed E-state index contributed by atoms with van der Waals surface area (Å²) in [5.74, 6) is 0. The van der Waals surface area contributed by atoms with Crippen molar-refractivity contribution in [3.63, 3.8) is 0 Å². The predicted octanol–water partition coefficient (Wildman–Crippen LogP) is 2.64. The van der Waals surface area contributed by atoms with Crippen LogP contribution in [-0.4, -0.2) is 36.6 Å². The summed E-state index contributed by atoms with van der Waals surface area (Å²) in [6.07, 6.45) is 6.68. The number of nitrogens with one attached hydrogen (secondary N) is 1. The molecule has 1 aliphatic heterocycles. The first-order valence-electron chi connectivity index (χ1n) is 6.75. The summed E-state index contributed by atoms with van der Waals surface area (Å²) < 4.78 is 0. The van der Waals surface area contributed by atoms with Gasteiger partial charge in [0.15, 0.2) is 0 Å². The van der Waals surface area contributed by atoms with E-state index in [9.17, 15) is 0 Å². The number of likely N-dealkylation sites (tertiary alicyclic amines) is 1. The van der Waals surface area contributed by atoms with E-state index >= 15 is 0 Å². The minimum Gasteiger partial charge on any atom is -0.313 e. The highest BCUT2D eigenvalue weighted by Gasteiger charge is 2.24. The second-order valence-corrected chi connectivity index (χ2v) is 4.93. The Labute approximate surface area is 95.4 Å². The highest BCUT2D eigenvalue weighted by Crippen LogP contribution is 2.16. The van der Waals surface area contributed by atoms with Gasteiger partial charge in [-0.1, -0.05) is 26.7 Å². The zero-order valence-corrected chi connectivity index (χ0v) is 10.8. The lowest BCUT2D eigenvalue weighted by molar-refractivity contribution is 0.237. The van der Waals surface area contributed by atoms with Crippen LogP contribution in [0.2, 0.25) is 0 Å². The van der Waals surface area contributed by atoms with Crippen molar-refractivity contribution < 1.29 is 0 Å². The van der Waals surface area contributed by atoms with E-state index in [4.69, 9.17) is 0 Å². The monoisotopic (exact) mass is 212 g/mol. The van der Waals surface area contributed by atoms with Gasteiger partial charge in [-0.05, 0) is 32.7 Å². The molecule has 90 valence electrons. The molecule has 1 saturated heterocycles. The third kappa shape index (κ3) is 4.52. The van der Waals surface area contributed by atoms with Crippen LogP contribution in [0.25, 0.3) is 0 Å². The van der Waals surface area contributed by atoms with Crippen molar-refractivity contribution >= 4 is 0 Å². The molecule has 0 spiro atoms. The van der Waals surface area contributed by atoms with Crippen LogP contribution >= 0.6 is 0 Å². The smallest absolute Gasteiger partial charge is 0.0207 e. The molecule has 15 heavy (non-hydrogen) atoms.